The molecule has 3 rings (SSSR count). The van der Waals surface area contributed by atoms with Crippen LogP contribution in [0.5, 0.6) is 17.2 Å². The van der Waals surface area contributed by atoms with Crippen molar-refractivity contribution in [1.82, 2.24) is 0 Å². The van der Waals surface area contributed by atoms with Gasteiger partial charge in [0.15, 0.2) is 23.9 Å². The number of carbonyl (C=O) groups excluding carboxylic acids is 1. The van der Waals surface area contributed by atoms with Gasteiger partial charge in [-0.25, -0.2) is 4.79 Å². The number of hydrogen-bond acceptors (Lipinski definition) is 7. The first-order valence-electron chi connectivity index (χ1n) is 9.15. The molecular formula is C22H21BrO7. The van der Waals surface area contributed by atoms with E-state index in [0.29, 0.717) is 32.5 Å². The molecule has 0 radical (unpaired) electrons. The minimum Gasteiger partial charge on any atom is -0.493 e. The smallest absolute Gasteiger partial charge is 0.344 e. The molecule has 0 aliphatic rings. The molecule has 0 aliphatic carbocycles. The third kappa shape index (κ3) is 4.43. The number of hydrogen-bond donors (Lipinski definition) is 0. The Morgan fingerprint density at radius 1 is 1.10 bits per heavy atom. The highest BCUT2D eigenvalue weighted by molar-refractivity contribution is 9.10. The molecule has 0 atom stereocenters. The van der Waals surface area contributed by atoms with Gasteiger partial charge in [0.2, 0.25) is 11.2 Å². The summed E-state index contributed by atoms with van der Waals surface area (Å²) in [6.45, 7) is 3.03. The third-order valence-electron chi connectivity index (χ3n) is 4.15. The molecular weight excluding hydrogens is 456 g/mol. The molecule has 3 aromatic rings. The Bertz CT molecular complexity index is 1130. The molecule has 0 aliphatic heterocycles. The van der Waals surface area contributed by atoms with Crippen LogP contribution < -0.4 is 19.6 Å². The number of carbonyl (C=O) groups is 1. The summed E-state index contributed by atoms with van der Waals surface area (Å²) in [5.41, 5.74) is 0.505. The third-order valence-corrected chi connectivity index (χ3v) is 4.74. The summed E-state index contributed by atoms with van der Waals surface area (Å²) >= 11 is 3.44. The molecule has 0 amide bonds. The summed E-state index contributed by atoms with van der Waals surface area (Å²) in [6.07, 6.45) is -0.296. The lowest BCUT2D eigenvalue weighted by Crippen LogP contribution is -2.21. The van der Waals surface area contributed by atoms with Gasteiger partial charge in [0, 0.05) is 5.56 Å². The first-order chi connectivity index (χ1) is 14.3. The van der Waals surface area contributed by atoms with E-state index < -0.39 is 18.0 Å². The van der Waals surface area contributed by atoms with Crippen LogP contribution in [0, 0.1) is 0 Å². The molecule has 0 bridgehead atoms. The van der Waals surface area contributed by atoms with Gasteiger partial charge < -0.3 is 23.4 Å². The molecule has 1 heterocycles. The van der Waals surface area contributed by atoms with E-state index in [0.717, 1.165) is 0 Å². The predicted octanol–water partition coefficient (Wildman–Crippen LogP) is 4.57. The molecule has 30 heavy (non-hydrogen) atoms. The Labute approximate surface area is 181 Å². The van der Waals surface area contributed by atoms with E-state index in [-0.39, 0.29) is 17.6 Å². The zero-order valence-electron chi connectivity index (χ0n) is 17.0. The Morgan fingerprint density at radius 3 is 2.50 bits per heavy atom. The van der Waals surface area contributed by atoms with E-state index in [9.17, 15) is 9.59 Å². The van der Waals surface area contributed by atoms with Crippen molar-refractivity contribution in [2.75, 3.05) is 20.8 Å². The van der Waals surface area contributed by atoms with Crippen molar-refractivity contribution in [3.8, 4) is 28.6 Å². The molecule has 0 saturated heterocycles. The van der Waals surface area contributed by atoms with Gasteiger partial charge in [0.25, 0.3) is 0 Å². The Morgan fingerprint density at radius 2 is 1.83 bits per heavy atom. The second-order valence-electron chi connectivity index (χ2n) is 6.61. The lowest BCUT2D eigenvalue weighted by Gasteiger charge is -2.15. The molecule has 158 valence electrons. The minimum atomic E-state index is -0.586. The van der Waals surface area contributed by atoms with Crippen molar-refractivity contribution in [3.63, 3.8) is 0 Å². The highest BCUT2D eigenvalue weighted by Crippen LogP contribution is 2.41. The van der Waals surface area contributed by atoms with E-state index >= 15 is 0 Å². The zero-order valence-corrected chi connectivity index (χ0v) is 18.6. The predicted molar refractivity (Wildman–Crippen MR) is 115 cm³/mol. The molecule has 0 N–H and O–H groups in total. The largest absolute Gasteiger partial charge is 0.493 e. The summed E-state index contributed by atoms with van der Waals surface area (Å²) in [5.74, 6) is 0.415. The maximum atomic E-state index is 13.1. The summed E-state index contributed by atoms with van der Waals surface area (Å²) < 4.78 is 28.0. The number of benzene rings is 2. The standard InChI is InChI=1S/C22H21BrO7/c1-12(2)29-18(24)11-28-22-19(25)14-7-5-6-8-16(14)30-20(22)13-9-15(23)21(27-4)17(10-13)26-3/h5-10,12H,11H2,1-4H3. The topological polar surface area (TPSA) is 84.2 Å². The second kappa shape index (κ2) is 9.21. The normalized spacial score (nSPS) is 10.9. The van der Waals surface area contributed by atoms with Gasteiger partial charge in [-0.1, -0.05) is 12.1 Å². The van der Waals surface area contributed by atoms with Gasteiger partial charge in [-0.15, -0.1) is 0 Å². The SMILES string of the molecule is COc1cc(-c2oc3ccccc3c(=O)c2OCC(=O)OC(C)C)cc(Br)c1OC. The molecule has 1 aromatic heterocycles. The van der Waals surface area contributed by atoms with Crippen molar-refractivity contribution < 1.29 is 28.2 Å². The van der Waals surface area contributed by atoms with Crippen molar-refractivity contribution >= 4 is 32.9 Å². The van der Waals surface area contributed by atoms with E-state index in [2.05, 4.69) is 15.9 Å². The first-order valence-corrected chi connectivity index (χ1v) is 9.95. The maximum Gasteiger partial charge on any atom is 0.344 e. The van der Waals surface area contributed by atoms with Gasteiger partial charge in [0.05, 0.1) is 30.2 Å². The lowest BCUT2D eigenvalue weighted by atomic mass is 10.1. The molecule has 0 saturated carbocycles. The van der Waals surface area contributed by atoms with Crippen LogP contribution in [0.2, 0.25) is 0 Å². The Balaban J connectivity index is 2.17. The van der Waals surface area contributed by atoms with Crippen molar-refractivity contribution in [1.29, 1.82) is 0 Å². The maximum absolute atomic E-state index is 13.1. The average Bonchev–Trinajstić information content (AvgIpc) is 2.71. The van der Waals surface area contributed by atoms with Gasteiger partial charge >= 0.3 is 5.97 Å². The van der Waals surface area contributed by atoms with Crippen LogP contribution in [0.4, 0.5) is 0 Å². The number of ether oxygens (including phenoxy) is 4. The molecule has 0 spiro atoms. The average molecular weight is 477 g/mol. The fraction of sp³-hybridized carbons (Fsp3) is 0.273. The number of fused-ring (bicyclic) bond motifs is 1. The number of halogens is 1. The van der Waals surface area contributed by atoms with Gasteiger partial charge in [-0.2, -0.15) is 0 Å². The number of rotatable bonds is 7. The van der Waals surface area contributed by atoms with Crippen molar-refractivity contribution in [2.45, 2.75) is 20.0 Å². The molecule has 7 nitrogen and oxygen atoms in total. The zero-order chi connectivity index (χ0) is 21.8. The highest BCUT2D eigenvalue weighted by atomic mass is 79.9. The van der Waals surface area contributed by atoms with E-state index in [1.807, 2.05) is 0 Å². The molecule has 0 fully saturated rings. The fourth-order valence-electron chi connectivity index (χ4n) is 2.92. The summed E-state index contributed by atoms with van der Waals surface area (Å²) in [5, 5.41) is 0.341. The quantitative estimate of drug-likeness (QED) is 0.461. The lowest BCUT2D eigenvalue weighted by molar-refractivity contribution is -0.149. The van der Waals surface area contributed by atoms with Gasteiger partial charge in [0.1, 0.15) is 5.58 Å². The fourth-order valence-corrected chi connectivity index (χ4v) is 3.53. The van der Waals surface area contributed by atoms with E-state index in [1.165, 1.54) is 14.2 Å². The highest BCUT2D eigenvalue weighted by Gasteiger charge is 2.22. The molecule has 0 unspecified atom stereocenters. The monoisotopic (exact) mass is 476 g/mol. The number of esters is 1. The van der Waals surface area contributed by atoms with Crippen LogP contribution in [0.1, 0.15) is 13.8 Å². The summed E-state index contributed by atoms with van der Waals surface area (Å²) in [7, 11) is 3.03. The molecule has 2 aromatic carbocycles. The summed E-state index contributed by atoms with van der Waals surface area (Å²) in [4.78, 5) is 25.1. The van der Waals surface area contributed by atoms with Gasteiger partial charge in [-0.3, -0.25) is 4.79 Å². The van der Waals surface area contributed by atoms with E-state index in [1.54, 1.807) is 50.2 Å². The summed E-state index contributed by atoms with van der Waals surface area (Å²) in [6, 6.07) is 10.2. The van der Waals surface area contributed by atoms with Crippen LogP contribution in [-0.4, -0.2) is 32.9 Å². The van der Waals surface area contributed by atoms with Crippen LogP contribution >= 0.6 is 15.9 Å². The van der Waals surface area contributed by atoms with E-state index in [4.69, 9.17) is 23.4 Å². The van der Waals surface area contributed by atoms with Crippen LogP contribution in [-0.2, 0) is 9.53 Å². The van der Waals surface area contributed by atoms with Gasteiger partial charge in [-0.05, 0) is 54.0 Å². The second-order valence-corrected chi connectivity index (χ2v) is 7.46. The van der Waals surface area contributed by atoms with Crippen LogP contribution in [0.3, 0.4) is 0 Å². The Hall–Kier alpha value is -3.00. The Kier molecular flexibility index (Phi) is 6.66. The number of para-hydroxylation sites is 1. The van der Waals surface area contributed by atoms with Crippen LogP contribution in [0.25, 0.3) is 22.3 Å². The molecule has 8 heteroatoms. The first kappa shape index (κ1) is 21.7. The van der Waals surface area contributed by atoms with Crippen molar-refractivity contribution in [2.24, 2.45) is 0 Å². The minimum absolute atomic E-state index is 0.0893. The number of methoxy groups -OCH3 is 2. The van der Waals surface area contributed by atoms with Crippen LogP contribution in [0.15, 0.2) is 50.1 Å². The van der Waals surface area contributed by atoms with Crippen molar-refractivity contribution in [3.05, 3.63) is 51.1 Å².